The maximum Gasteiger partial charge on any atom is 0.344 e. The quantitative estimate of drug-likeness (QED) is 0.759. The number of nitrogens with one attached hydrogen (secondary N) is 1. The van der Waals surface area contributed by atoms with Crippen LogP contribution in [0, 0.1) is 6.92 Å². The van der Waals surface area contributed by atoms with Gasteiger partial charge in [0.2, 0.25) is 0 Å². The molecule has 1 atom stereocenters. The van der Waals surface area contributed by atoms with E-state index in [9.17, 15) is 9.59 Å². The van der Waals surface area contributed by atoms with E-state index >= 15 is 0 Å². The van der Waals surface area contributed by atoms with Gasteiger partial charge < -0.3 is 14.8 Å². The minimum absolute atomic E-state index is 0.289. The predicted molar refractivity (Wildman–Crippen MR) is 97.3 cm³/mol. The second kappa shape index (κ2) is 8.74. The molecule has 25 heavy (non-hydrogen) atoms. The topological polar surface area (TPSA) is 64.6 Å². The van der Waals surface area contributed by atoms with Crippen LogP contribution in [0.25, 0.3) is 0 Å². The number of anilines is 1. The van der Waals surface area contributed by atoms with Gasteiger partial charge in [0.05, 0.1) is 10.7 Å². The van der Waals surface area contributed by atoms with Crippen molar-refractivity contribution in [1.29, 1.82) is 0 Å². The van der Waals surface area contributed by atoms with Gasteiger partial charge in [-0.05, 0) is 49.7 Å². The average molecular weight is 382 g/mol. The number of hydrogen-bond donors (Lipinski definition) is 1. The third-order valence-electron chi connectivity index (χ3n) is 3.21. The lowest BCUT2D eigenvalue weighted by Crippen LogP contribution is -2.31. The van der Waals surface area contributed by atoms with Gasteiger partial charge in [0.15, 0.2) is 12.7 Å². The molecule has 0 saturated heterocycles. The highest BCUT2D eigenvalue weighted by molar-refractivity contribution is 6.36. The molecule has 0 heterocycles. The summed E-state index contributed by atoms with van der Waals surface area (Å²) in [5.41, 5.74) is 1.40. The lowest BCUT2D eigenvalue weighted by Gasteiger charge is -2.14. The van der Waals surface area contributed by atoms with Crippen molar-refractivity contribution < 1.29 is 19.1 Å². The Bertz CT molecular complexity index is 779. The molecular formula is C18H17Cl2NO4. The van der Waals surface area contributed by atoms with E-state index in [1.54, 1.807) is 24.3 Å². The minimum atomic E-state index is -1.000. The molecule has 1 N–H and O–H groups in total. The number of rotatable bonds is 6. The van der Waals surface area contributed by atoms with Crippen molar-refractivity contribution in [3.63, 3.8) is 0 Å². The Morgan fingerprint density at radius 2 is 1.92 bits per heavy atom. The zero-order valence-corrected chi connectivity index (χ0v) is 15.2. The van der Waals surface area contributed by atoms with Crippen LogP contribution in [0.1, 0.15) is 12.5 Å². The van der Waals surface area contributed by atoms with Crippen LogP contribution in [0.5, 0.6) is 5.75 Å². The predicted octanol–water partition coefficient (Wildman–Crippen LogP) is 4.25. The molecule has 0 aliphatic rings. The number of aryl methyl sites for hydroxylation is 1. The van der Waals surface area contributed by atoms with E-state index in [4.69, 9.17) is 32.7 Å². The maximum atomic E-state index is 12.1. The van der Waals surface area contributed by atoms with E-state index in [1.807, 2.05) is 19.1 Å². The van der Waals surface area contributed by atoms with Crippen molar-refractivity contribution in [3.05, 3.63) is 58.1 Å². The Balaban J connectivity index is 1.84. The molecule has 0 radical (unpaired) electrons. The highest BCUT2D eigenvalue weighted by atomic mass is 35.5. The van der Waals surface area contributed by atoms with Gasteiger partial charge in [-0.25, -0.2) is 4.79 Å². The summed E-state index contributed by atoms with van der Waals surface area (Å²) >= 11 is 11.8. The summed E-state index contributed by atoms with van der Waals surface area (Å²) in [6.07, 6.45) is -1.000. The zero-order chi connectivity index (χ0) is 18.4. The molecule has 0 unspecified atom stereocenters. The third kappa shape index (κ3) is 5.96. The second-order valence-electron chi connectivity index (χ2n) is 5.35. The van der Waals surface area contributed by atoms with Crippen LogP contribution >= 0.6 is 23.2 Å². The second-order valence-corrected chi connectivity index (χ2v) is 6.19. The van der Waals surface area contributed by atoms with Crippen molar-refractivity contribution in [2.75, 3.05) is 11.9 Å². The Labute approximate surface area is 155 Å². The fourth-order valence-corrected chi connectivity index (χ4v) is 2.41. The SMILES string of the molecule is Cc1cccc(OCC(=O)O[C@H](C)C(=O)Nc2ccc(Cl)cc2Cl)c1. The molecular weight excluding hydrogens is 365 g/mol. The number of ether oxygens (including phenoxy) is 2. The molecule has 5 nitrogen and oxygen atoms in total. The number of benzene rings is 2. The number of hydrogen-bond acceptors (Lipinski definition) is 4. The Hall–Kier alpha value is -2.24. The molecule has 0 aliphatic carbocycles. The summed E-state index contributed by atoms with van der Waals surface area (Å²) < 4.78 is 10.4. The van der Waals surface area contributed by atoms with E-state index in [0.29, 0.717) is 21.5 Å². The third-order valence-corrected chi connectivity index (χ3v) is 3.76. The summed E-state index contributed by atoms with van der Waals surface area (Å²) in [5.74, 6) is -0.596. The van der Waals surface area contributed by atoms with Crippen molar-refractivity contribution in [1.82, 2.24) is 0 Å². The molecule has 2 rings (SSSR count). The van der Waals surface area contributed by atoms with Gasteiger partial charge in [-0.2, -0.15) is 0 Å². The molecule has 0 aliphatic heterocycles. The Morgan fingerprint density at radius 1 is 1.16 bits per heavy atom. The number of esters is 1. The lowest BCUT2D eigenvalue weighted by molar-refractivity contribution is -0.155. The summed E-state index contributed by atoms with van der Waals surface area (Å²) in [7, 11) is 0. The van der Waals surface area contributed by atoms with E-state index in [2.05, 4.69) is 5.32 Å². The highest BCUT2D eigenvalue weighted by Gasteiger charge is 2.19. The van der Waals surface area contributed by atoms with Gasteiger partial charge in [0.1, 0.15) is 5.75 Å². The normalized spacial score (nSPS) is 11.5. The molecule has 132 valence electrons. The van der Waals surface area contributed by atoms with Gasteiger partial charge in [-0.1, -0.05) is 35.3 Å². The standard InChI is InChI=1S/C18H17Cl2NO4/c1-11-4-3-5-14(8-11)24-10-17(22)25-12(2)18(23)21-16-7-6-13(19)9-15(16)20/h3-9,12H,10H2,1-2H3,(H,21,23)/t12-/m1/s1. The van der Waals surface area contributed by atoms with Gasteiger partial charge in [0.25, 0.3) is 5.91 Å². The molecule has 2 aromatic rings. The zero-order valence-electron chi connectivity index (χ0n) is 13.7. The minimum Gasteiger partial charge on any atom is -0.482 e. The van der Waals surface area contributed by atoms with Crippen molar-refractivity contribution >= 4 is 40.8 Å². The molecule has 2 aromatic carbocycles. The van der Waals surface area contributed by atoms with Crippen molar-refractivity contribution in [2.24, 2.45) is 0 Å². The number of carbonyl (C=O) groups is 2. The summed E-state index contributed by atoms with van der Waals surface area (Å²) in [5, 5.41) is 3.32. The first kappa shape index (κ1) is 19.1. The van der Waals surface area contributed by atoms with Crippen LogP contribution in [0.3, 0.4) is 0 Å². The monoisotopic (exact) mass is 381 g/mol. The number of halogens is 2. The van der Waals surface area contributed by atoms with Crippen molar-refractivity contribution in [2.45, 2.75) is 20.0 Å². The van der Waals surface area contributed by atoms with Crippen LogP contribution < -0.4 is 10.1 Å². The lowest BCUT2D eigenvalue weighted by atomic mass is 10.2. The van der Waals surface area contributed by atoms with Gasteiger partial charge >= 0.3 is 5.97 Å². The molecule has 0 spiro atoms. The van der Waals surface area contributed by atoms with Gasteiger partial charge in [-0.3, -0.25) is 4.79 Å². The number of carbonyl (C=O) groups excluding carboxylic acids is 2. The first-order valence-corrected chi connectivity index (χ1v) is 8.25. The fourth-order valence-electron chi connectivity index (χ4n) is 1.96. The van der Waals surface area contributed by atoms with E-state index < -0.39 is 18.0 Å². The summed E-state index contributed by atoms with van der Waals surface area (Å²) in [6.45, 7) is 3.09. The van der Waals surface area contributed by atoms with E-state index in [0.717, 1.165) is 5.56 Å². The average Bonchev–Trinajstić information content (AvgIpc) is 2.55. The van der Waals surface area contributed by atoms with Crippen LogP contribution in [0.4, 0.5) is 5.69 Å². The summed E-state index contributed by atoms with van der Waals surface area (Å²) in [4.78, 5) is 23.9. The molecule has 0 bridgehead atoms. The first-order valence-electron chi connectivity index (χ1n) is 7.50. The van der Waals surface area contributed by atoms with E-state index in [1.165, 1.54) is 13.0 Å². The first-order chi connectivity index (χ1) is 11.8. The molecule has 0 saturated carbocycles. The van der Waals surface area contributed by atoms with Crippen LogP contribution in [-0.2, 0) is 14.3 Å². The number of amides is 1. The van der Waals surface area contributed by atoms with Crippen LogP contribution in [-0.4, -0.2) is 24.6 Å². The van der Waals surface area contributed by atoms with E-state index in [-0.39, 0.29) is 6.61 Å². The van der Waals surface area contributed by atoms with Crippen LogP contribution in [0.2, 0.25) is 10.0 Å². The van der Waals surface area contributed by atoms with Crippen LogP contribution in [0.15, 0.2) is 42.5 Å². The fraction of sp³-hybridized carbons (Fsp3) is 0.222. The largest absolute Gasteiger partial charge is 0.482 e. The Kier molecular flexibility index (Phi) is 6.67. The molecule has 7 heteroatoms. The van der Waals surface area contributed by atoms with Gasteiger partial charge in [-0.15, -0.1) is 0 Å². The smallest absolute Gasteiger partial charge is 0.344 e. The molecule has 0 aromatic heterocycles. The Morgan fingerprint density at radius 3 is 2.60 bits per heavy atom. The molecule has 1 amide bonds. The highest BCUT2D eigenvalue weighted by Crippen LogP contribution is 2.25. The summed E-state index contributed by atoms with van der Waals surface area (Å²) in [6, 6.07) is 11.9. The maximum absolute atomic E-state index is 12.1. The van der Waals surface area contributed by atoms with Gasteiger partial charge in [0, 0.05) is 5.02 Å². The molecule has 0 fully saturated rings. The van der Waals surface area contributed by atoms with Crippen molar-refractivity contribution in [3.8, 4) is 5.75 Å².